The molecular weight excluding hydrogens is 241 g/mol. The summed E-state index contributed by atoms with van der Waals surface area (Å²) in [6, 6.07) is 0.686. The molecule has 0 spiro atoms. The summed E-state index contributed by atoms with van der Waals surface area (Å²) in [5, 5.41) is 2.49. The summed E-state index contributed by atoms with van der Waals surface area (Å²) in [7, 11) is 2.04. The summed E-state index contributed by atoms with van der Waals surface area (Å²) in [6.45, 7) is 1.50. The van der Waals surface area contributed by atoms with Crippen molar-refractivity contribution < 1.29 is 13.2 Å². The molecule has 0 aromatic heterocycles. The minimum Gasteiger partial charge on any atom is -0.307 e. The number of rotatable bonds is 5. The van der Waals surface area contributed by atoms with Gasteiger partial charge in [-0.1, -0.05) is 25.7 Å². The average Bonchev–Trinajstić information content (AvgIpc) is 2.54. The summed E-state index contributed by atoms with van der Waals surface area (Å²) >= 11 is 0. The minimum atomic E-state index is -4.11. The van der Waals surface area contributed by atoms with Gasteiger partial charge in [0, 0.05) is 18.6 Å². The van der Waals surface area contributed by atoms with Gasteiger partial charge in [0.2, 0.25) is 0 Å². The number of likely N-dealkylation sites (N-methyl/N-ethyl adjacent to an activating group) is 1. The van der Waals surface area contributed by atoms with Crippen LogP contribution in [0.25, 0.3) is 0 Å². The highest BCUT2D eigenvalue weighted by atomic mass is 19.4. The Kier molecular flexibility index (Phi) is 6.43. The van der Waals surface area contributed by atoms with Crippen molar-refractivity contribution in [1.29, 1.82) is 0 Å². The van der Waals surface area contributed by atoms with E-state index in [2.05, 4.69) is 10.2 Å². The highest BCUT2D eigenvalue weighted by Gasteiger charge is 2.27. The van der Waals surface area contributed by atoms with E-state index in [-0.39, 0.29) is 6.04 Å². The molecule has 1 N–H and O–H groups in total. The standard InChI is InChI=1S/C13H25F3N2/c1-11(9-17-10-13(14,15)16)18(2)12-7-5-3-4-6-8-12/h11-12,17H,3-10H2,1-2H3. The van der Waals surface area contributed by atoms with Crippen LogP contribution in [-0.4, -0.2) is 43.3 Å². The van der Waals surface area contributed by atoms with E-state index >= 15 is 0 Å². The Morgan fingerprint density at radius 2 is 1.72 bits per heavy atom. The molecule has 0 aliphatic heterocycles. The Hall–Kier alpha value is -0.290. The predicted octanol–water partition coefficient (Wildman–Crippen LogP) is 3.18. The van der Waals surface area contributed by atoms with Crippen molar-refractivity contribution in [1.82, 2.24) is 10.2 Å². The summed E-state index contributed by atoms with van der Waals surface area (Å²) < 4.78 is 36.1. The fraction of sp³-hybridized carbons (Fsp3) is 1.00. The molecule has 0 saturated heterocycles. The lowest BCUT2D eigenvalue weighted by atomic mass is 10.1. The maximum absolute atomic E-state index is 12.0. The van der Waals surface area contributed by atoms with Crippen LogP contribution in [0.2, 0.25) is 0 Å². The monoisotopic (exact) mass is 266 g/mol. The highest BCUT2D eigenvalue weighted by molar-refractivity contribution is 4.77. The molecule has 1 aliphatic rings. The van der Waals surface area contributed by atoms with E-state index in [1.54, 1.807) is 0 Å². The van der Waals surface area contributed by atoms with Crippen LogP contribution in [0.3, 0.4) is 0 Å². The number of nitrogens with one attached hydrogen (secondary N) is 1. The quantitative estimate of drug-likeness (QED) is 0.769. The van der Waals surface area contributed by atoms with E-state index in [1.807, 2.05) is 14.0 Å². The number of halogens is 3. The average molecular weight is 266 g/mol. The molecule has 1 rings (SSSR count). The molecule has 108 valence electrons. The Balaban J connectivity index is 2.28. The molecule has 1 atom stereocenters. The van der Waals surface area contributed by atoms with Gasteiger partial charge in [0.25, 0.3) is 0 Å². The summed E-state index contributed by atoms with van der Waals surface area (Å²) in [6.07, 6.45) is 3.34. The Morgan fingerprint density at radius 3 is 2.22 bits per heavy atom. The normalized spacial score (nSPS) is 21.0. The van der Waals surface area contributed by atoms with E-state index in [9.17, 15) is 13.2 Å². The fourth-order valence-electron chi connectivity index (χ4n) is 2.59. The van der Waals surface area contributed by atoms with Crippen molar-refractivity contribution in [3.05, 3.63) is 0 Å². The largest absolute Gasteiger partial charge is 0.401 e. The summed E-state index contributed by atoms with van der Waals surface area (Å²) in [4.78, 5) is 2.24. The van der Waals surface area contributed by atoms with E-state index in [0.717, 1.165) is 0 Å². The van der Waals surface area contributed by atoms with Crippen LogP contribution in [0.1, 0.15) is 45.4 Å². The molecule has 18 heavy (non-hydrogen) atoms. The first-order chi connectivity index (χ1) is 8.40. The van der Waals surface area contributed by atoms with Gasteiger partial charge in [-0.15, -0.1) is 0 Å². The molecule has 1 saturated carbocycles. The topological polar surface area (TPSA) is 15.3 Å². The van der Waals surface area contributed by atoms with Crippen molar-refractivity contribution >= 4 is 0 Å². The second kappa shape index (κ2) is 7.34. The second-order valence-corrected chi connectivity index (χ2v) is 5.41. The molecular formula is C13H25F3N2. The molecule has 5 heteroatoms. The first kappa shape index (κ1) is 15.8. The van der Waals surface area contributed by atoms with Gasteiger partial charge >= 0.3 is 6.18 Å². The van der Waals surface area contributed by atoms with Gasteiger partial charge in [0.05, 0.1) is 6.54 Å². The zero-order valence-electron chi connectivity index (χ0n) is 11.4. The smallest absolute Gasteiger partial charge is 0.307 e. The van der Waals surface area contributed by atoms with Crippen LogP contribution < -0.4 is 5.32 Å². The third-order valence-electron chi connectivity index (χ3n) is 3.86. The van der Waals surface area contributed by atoms with Gasteiger partial charge in [0.1, 0.15) is 0 Å². The molecule has 0 heterocycles. The molecule has 0 aromatic carbocycles. The Morgan fingerprint density at radius 1 is 1.17 bits per heavy atom. The van der Waals surface area contributed by atoms with E-state index in [0.29, 0.717) is 12.6 Å². The van der Waals surface area contributed by atoms with Crippen LogP contribution >= 0.6 is 0 Å². The Bertz CT molecular complexity index is 223. The first-order valence-electron chi connectivity index (χ1n) is 6.89. The summed E-state index contributed by atoms with van der Waals surface area (Å²) in [5.74, 6) is 0. The zero-order valence-corrected chi connectivity index (χ0v) is 11.4. The van der Waals surface area contributed by atoms with Gasteiger partial charge in [0.15, 0.2) is 0 Å². The highest BCUT2D eigenvalue weighted by Crippen LogP contribution is 2.22. The van der Waals surface area contributed by atoms with Gasteiger partial charge in [-0.2, -0.15) is 13.2 Å². The molecule has 1 fully saturated rings. The van der Waals surface area contributed by atoms with Gasteiger partial charge in [-0.3, -0.25) is 4.90 Å². The maximum Gasteiger partial charge on any atom is 0.401 e. The molecule has 0 radical (unpaired) electrons. The van der Waals surface area contributed by atoms with Crippen molar-refractivity contribution in [3.8, 4) is 0 Å². The summed E-state index contributed by atoms with van der Waals surface area (Å²) in [5.41, 5.74) is 0. The van der Waals surface area contributed by atoms with E-state index in [4.69, 9.17) is 0 Å². The third kappa shape index (κ3) is 6.05. The van der Waals surface area contributed by atoms with Gasteiger partial charge in [-0.05, 0) is 26.8 Å². The number of alkyl halides is 3. The molecule has 2 nitrogen and oxygen atoms in total. The Labute approximate surface area is 108 Å². The van der Waals surface area contributed by atoms with Crippen molar-refractivity contribution in [2.75, 3.05) is 20.1 Å². The number of nitrogens with zero attached hydrogens (tertiary/aromatic N) is 1. The second-order valence-electron chi connectivity index (χ2n) is 5.41. The zero-order chi connectivity index (χ0) is 13.6. The van der Waals surface area contributed by atoms with Crippen LogP contribution in [0, 0.1) is 0 Å². The number of hydrogen-bond acceptors (Lipinski definition) is 2. The van der Waals surface area contributed by atoms with E-state index in [1.165, 1.54) is 38.5 Å². The van der Waals surface area contributed by atoms with Crippen molar-refractivity contribution in [2.45, 2.75) is 63.7 Å². The third-order valence-corrected chi connectivity index (χ3v) is 3.86. The van der Waals surface area contributed by atoms with Crippen molar-refractivity contribution in [2.24, 2.45) is 0 Å². The molecule has 0 aromatic rings. The molecule has 0 bridgehead atoms. The lowest BCUT2D eigenvalue weighted by Crippen LogP contribution is -2.45. The lowest BCUT2D eigenvalue weighted by molar-refractivity contribution is -0.125. The molecule has 1 aliphatic carbocycles. The predicted molar refractivity (Wildman–Crippen MR) is 67.6 cm³/mol. The van der Waals surface area contributed by atoms with Crippen LogP contribution in [-0.2, 0) is 0 Å². The molecule has 0 amide bonds. The van der Waals surface area contributed by atoms with Gasteiger partial charge in [-0.25, -0.2) is 0 Å². The minimum absolute atomic E-state index is 0.149. The lowest BCUT2D eigenvalue weighted by Gasteiger charge is -2.33. The van der Waals surface area contributed by atoms with E-state index < -0.39 is 12.7 Å². The molecule has 1 unspecified atom stereocenters. The fourth-order valence-corrected chi connectivity index (χ4v) is 2.59. The van der Waals surface area contributed by atoms with Crippen LogP contribution in [0.5, 0.6) is 0 Å². The maximum atomic E-state index is 12.0. The van der Waals surface area contributed by atoms with Crippen LogP contribution in [0.4, 0.5) is 13.2 Å². The number of hydrogen-bond donors (Lipinski definition) is 1. The SMILES string of the molecule is CC(CNCC(F)(F)F)N(C)C1CCCCCC1. The first-order valence-corrected chi connectivity index (χ1v) is 6.89. The van der Waals surface area contributed by atoms with Crippen molar-refractivity contribution in [3.63, 3.8) is 0 Å². The van der Waals surface area contributed by atoms with Crippen LogP contribution in [0.15, 0.2) is 0 Å². The van der Waals surface area contributed by atoms with Gasteiger partial charge < -0.3 is 5.32 Å².